The average Bonchev–Trinajstić information content (AvgIpc) is 2.32. The monoisotopic (exact) mass is 312 g/mol. The number of hydrogen-bond donors (Lipinski definition) is 1. The number of nitrogens with two attached hydrogens (primary N) is 1. The summed E-state index contributed by atoms with van der Waals surface area (Å²) in [6, 6.07) is 6.06. The molecule has 1 aromatic carbocycles. The predicted octanol–water partition coefficient (Wildman–Crippen LogP) is 3.06. The van der Waals surface area contributed by atoms with Gasteiger partial charge in [-0.05, 0) is 39.5 Å². The molecule has 0 radical (unpaired) electrons. The lowest BCUT2D eigenvalue weighted by atomic mass is 10.1. The molecule has 0 aliphatic carbocycles. The fourth-order valence-electron chi connectivity index (χ4n) is 2.33. The molecule has 0 aromatic heterocycles. The van der Waals surface area contributed by atoms with Crippen molar-refractivity contribution >= 4 is 21.6 Å². The summed E-state index contributed by atoms with van der Waals surface area (Å²) in [5.41, 5.74) is 7.78. The minimum Gasteiger partial charge on any atom is -0.398 e. The zero-order chi connectivity index (χ0) is 13.1. The van der Waals surface area contributed by atoms with Crippen LogP contribution in [0.2, 0.25) is 0 Å². The zero-order valence-electron chi connectivity index (χ0n) is 11.0. The highest BCUT2D eigenvalue weighted by Crippen LogP contribution is 2.28. The van der Waals surface area contributed by atoms with E-state index in [1.54, 1.807) is 0 Å². The second-order valence-corrected chi connectivity index (χ2v) is 6.15. The lowest BCUT2D eigenvalue weighted by molar-refractivity contribution is -0.0332. The smallest absolute Gasteiger partial charge is 0.0952 e. The molecule has 0 spiro atoms. The van der Waals surface area contributed by atoms with E-state index in [0.717, 1.165) is 36.4 Å². The number of benzene rings is 1. The lowest BCUT2D eigenvalue weighted by Crippen LogP contribution is -2.40. The maximum Gasteiger partial charge on any atom is 0.0952 e. The number of anilines is 1. The van der Waals surface area contributed by atoms with Crippen LogP contribution >= 0.6 is 15.9 Å². The highest BCUT2D eigenvalue weighted by Gasteiger charge is 2.22. The van der Waals surface area contributed by atoms with Crippen LogP contribution in [0, 0.1) is 5.92 Å². The van der Waals surface area contributed by atoms with Gasteiger partial charge in [-0.1, -0.05) is 19.9 Å². The molecule has 0 bridgehead atoms. The molecule has 0 saturated carbocycles. The van der Waals surface area contributed by atoms with Crippen LogP contribution in [0.4, 0.5) is 5.69 Å². The van der Waals surface area contributed by atoms with Crippen LogP contribution in [0.25, 0.3) is 0 Å². The third-order valence-electron chi connectivity index (χ3n) is 3.17. The van der Waals surface area contributed by atoms with Crippen molar-refractivity contribution in [3.8, 4) is 0 Å². The van der Waals surface area contributed by atoms with Crippen molar-refractivity contribution in [1.82, 2.24) is 4.90 Å². The van der Waals surface area contributed by atoms with E-state index in [9.17, 15) is 0 Å². The van der Waals surface area contributed by atoms with Crippen LogP contribution < -0.4 is 5.73 Å². The van der Waals surface area contributed by atoms with E-state index >= 15 is 0 Å². The van der Waals surface area contributed by atoms with Gasteiger partial charge in [0.15, 0.2) is 0 Å². The quantitative estimate of drug-likeness (QED) is 0.872. The second-order valence-electron chi connectivity index (χ2n) is 5.29. The Kier molecular flexibility index (Phi) is 4.65. The van der Waals surface area contributed by atoms with Gasteiger partial charge in [-0.3, -0.25) is 4.90 Å². The first-order chi connectivity index (χ1) is 8.56. The average molecular weight is 313 g/mol. The van der Waals surface area contributed by atoms with Gasteiger partial charge in [-0.15, -0.1) is 0 Å². The molecule has 4 heteroatoms. The van der Waals surface area contributed by atoms with Gasteiger partial charge >= 0.3 is 0 Å². The van der Waals surface area contributed by atoms with Crippen LogP contribution in [-0.4, -0.2) is 31.1 Å². The topological polar surface area (TPSA) is 38.5 Å². The van der Waals surface area contributed by atoms with Gasteiger partial charge < -0.3 is 10.5 Å². The Morgan fingerprint density at radius 3 is 2.94 bits per heavy atom. The van der Waals surface area contributed by atoms with Gasteiger partial charge in [0.1, 0.15) is 0 Å². The van der Waals surface area contributed by atoms with Gasteiger partial charge in [0.2, 0.25) is 0 Å². The molecule has 1 aliphatic heterocycles. The summed E-state index contributed by atoms with van der Waals surface area (Å²) < 4.78 is 6.82. The molecule has 1 saturated heterocycles. The number of morpholine rings is 1. The van der Waals surface area contributed by atoms with Gasteiger partial charge in [-0.25, -0.2) is 0 Å². The van der Waals surface area contributed by atoms with Crippen molar-refractivity contribution in [2.45, 2.75) is 20.0 Å². The van der Waals surface area contributed by atoms with E-state index in [1.807, 2.05) is 6.07 Å². The van der Waals surface area contributed by atoms with Crippen LogP contribution in [-0.2, 0) is 4.74 Å². The molecule has 3 nitrogen and oxygen atoms in total. The second kappa shape index (κ2) is 6.04. The number of nitrogen functional groups attached to an aromatic ring is 1. The van der Waals surface area contributed by atoms with Crippen LogP contribution in [0.15, 0.2) is 22.7 Å². The largest absolute Gasteiger partial charge is 0.398 e. The molecular weight excluding hydrogens is 292 g/mol. The van der Waals surface area contributed by atoms with Crippen molar-refractivity contribution in [3.05, 3.63) is 28.2 Å². The van der Waals surface area contributed by atoms with Crippen molar-refractivity contribution in [2.24, 2.45) is 5.92 Å². The molecular formula is C14H21BrN2O. The molecule has 1 unspecified atom stereocenters. The summed E-state index contributed by atoms with van der Waals surface area (Å²) in [5.74, 6) is 0.696. The van der Waals surface area contributed by atoms with E-state index < -0.39 is 0 Å². The van der Waals surface area contributed by atoms with Gasteiger partial charge in [0, 0.05) is 29.8 Å². The molecule has 1 heterocycles. The Labute approximate surface area is 117 Å². The number of nitrogens with zero attached hydrogens (tertiary/aromatic N) is 1. The highest BCUT2D eigenvalue weighted by molar-refractivity contribution is 9.10. The summed E-state index contributed by atoms with van der Waals surface area (Å²) in [6.07, 6.45) is 0.161. The molecule has 2 rings (SSSR count). The van der Waals surface area contributed by atoms with Gasteiger partial charge in [-0.2, -0.15) is 0 Å². The lowest BCUT2D eigenvalue weighted by Gasteiger charge is -2.34. The molecule has 1 aromatic rings. The SMILES string of the molecule is CC(C)CN1CCOC(c2ccc(N)c(Br)c2)C1. The molecule has 18 heavy (non-hydrogen) atoms. The molecule has 1 fully saturated rings. The van der Waals surface area contributed by atoms with Crippen LogP contribution in [0.3, 0.4) is 0 Å². The molecule has 100 valence electrons. The number of halogens is 1. The summed E-state index contributed by atoms with van der Waals surface area (Å²) in [6.45, 7) is 8.45. The third-order valence-corrected chi connectivity index (χ3v) is 3.86. The number of ether oxygens (including phenoxy) is 1. The van der Waals surface area contributed by atoms with Crippen molar-refractivity contribution in [3.63, 3.8) is 0 Å². The molecule has 2 N–H and O–H groups in total. The van der Waals surface area contributed by atoms with E-state index in [-0.39, 0.29) is 6.10 Å². The Hall–Kier alpha value is -0.580. The van der Waals surface area contributed by atoms with Crippen molar-refractivity contribution < 1.29 is 4.74 Å². The summed E-state index contributed by atoms with van der Waals surface area (Å²) >= 11 is 3.47. The standard InChI is InChI=1S/C14H21BrN2O/c1-10(2)8-17-5-6-18-14(9-17)11-3-4-13(16)12(15)7-11/h3-4,7,10,14H,5-6,8-9,16H2,1-2H3. The van der Waals surface area contributed by atoms with E-state index in [4.69, 9.17) is 10.5 Å². The highest BCUT2D eigenvalue weighted by atomic mass is 79.9. The van der Waals surface area contributed by atoms with Gasteiger partial charge in [0.25, 0.3) is 0 Å². The fraction of sp³-hybridized carbons (Fsp3) is 0.571. The Bertz CT molecular complexity index is 409. The summed E-state index contributed by atoms with van der Waals surface area (Å²) in [7, 11) is 0. The molecule has 1 atom stereocenters. The van der Waals surface area contributed by atoms with E-state index in [1.165, 1.54) is 5.56 Å². The number of hydrogen-bond acceptors (Lipinski definition) is 3. The Balaban J connectivity index is 2.05. The minimum absolute atomic E-state index is 0.161. The molecule has 0 amide bonds. The zero-order valence-corrected chi connectivity index (χ0v) is 12.6. The predicted molar refractivity (Wildman–Crippen MR) is 78.5 cm³/mol. The van der Waals surface area contributed by atoms with E-state index in [0.29, 0.717) is 5.92 Å². The number of rotatable bonds is 3. The normalized spacial score (nSPS) is 21.4. The van der Waals surface area contributed by atoms with Gasteiger partial charge in [0.05, 0.1) is 12.7 Å². The van der Waals surface area contributed by atoms with E-state index in [2.05, 4.69) is 46.8 Å². The Morgan fingerprint density at radius 2 is 2.28 bits per heavy atom. The van der Waals surface area contributed by atoms with Crippen molar-refractivity contribution in [2.75, 3.05) is 32.0 Å². The first-order valence-corrected chi connectivity index (χ1v) is 7.24. The maximum atomic E-state index is 5.87. The first kappa shape index (κ1) is 13.8. The van der Waals surface area contributed by atoms with Crippen LogP contribution in [0.5, 0.6) is 0 Å². The molecule has 1 aliphatic rings. The minimum atomic E-state index is 0.161. The Morgan fingerprint density at radius 1 is 1.50 bits per heavy atom. The van der Waals surface area contributed by atoms with Crippen LogP contribution in [0.1, 0.15) is 25.5 Å². The summed E-state index contributed by atoms with van der Waals surface area (Å²) in [5, 5.41) is 0. The van der Waals surface area contributed by atoms with Crippen molar-refractivity contribution in [1.29, 1.82) is 0 Å². The third kappa shape index (κ3) is 3.46. The first-order valence-electron chi connectivity index (χ1n) is 6.45. The summed E-state index contributed by atoms with van der Waals surface area (Å²) in [4.78, 5) is 2.48. The maximum absolute atomic E-state index is 5.87. The fourth-order valence-corrected chi connectivity index (χ4v) is 2.73.